The first-order chi connectivity index (χ1) is 10.4. The molecule has 0 aromatic rings. The first-order valence-electron chi connectivity index (χ1n) is 9.09. The summed E-state index contributed by atoms with van der Waals surface area (Å²) in [6, 6.07) is 0. The van der Waals surface area contributed by atoms with E-state index in [1.165, 1.54) is 12.0 Å². The van der Waals surface area contributed by atoms with Crippen molar-refractivity contribution >= 4 is 11.6 Å². The Hall–Kier alpha value is -0.920. The summed E-state index contributed by atoms with van der Waals surface area (Å²) in [7, 11) is 0. The Bertz CT molecular complexity index is 562. The molecule has 0 aromatic carbocycles. The van der Waals surface area contributed by atoms with Gasteiger partial charge < -0.3 is 0 Å². The molecule has 0 N–H and O–H groups in total. The fraction of sp³-hybridized carbons (Fsp3) is 0.800. The molecule has 0 unspecified atom stereocenters. The van der Waals surface area contributed by atoms with Crippen LogP contribution in [-0.2, 0) is 9.59 Å². The highest BCUT2D eigenvalue weighted by atomic mass is 16.1. The van der Waals surface area contributed by atoms with E-state index in [2.05, 4.69) is 20.4 Å². The third-order valence-electron chi connectivity index (χ3n) is 8.15. The van der Waals surface area contributed by atoms with E-state index in [-0.39, 0.29) is 10.8 Å². The maximum absolute atomic E-state index is 12.4. The predicted octanol–water partition coefficient (Wildman–Crippen LogP) is 4.33. The summed E-state index contributed by atoms with van der Waals surface area (Å²) in [5.74, 6) is 3.22. The van der Waals surface area contributed by atoms with E-state index >= 15 is 0 Å². The number of hydrogen-bond acceptors (Lipinski definition) is 2. The molecular formula is C20H28O2. The zero-order valence-electron chi connectivity index (χ0n) is 14.0. The van der Waals surface area contributed by atoms with Crippen molar-refractivity contribution in [2.24, 2.45) is 34.5 Å². The summed E-state index contributed by atoms with van der Waals surface area (Å²) in [4.78, 5) is 24.4. The van der Waals surface area contributed by atoms with Gasteiger partial charge >= 0.3 is 0 Å². The Labute approximate surface area is 133 Å². The molecule has 4 rings (SSSR count). The Kier molecular flexibility index (Phi) is 3.03. The van der Waals surface area contributed by atoms with Crippen LogP contribution in [0.5, 0.6) is 0 Å². The smallest absolute Gasteiger partial charge is 0.139 e. The first-order valence-corrected chi connectivity index (χ1v) is 9.09. The van der Waals surface area contributed by atoms with Gasteiger partial charge in [0.2, 0.25) is 0 Å². The van der Waals surface area contributed by atoms with E-state index in [1.54, 1.807) is 0 Å². The molecule has 0 radical (unpaired) electrons. The standard InChI is InChI=1S/C20H28O2/c1-12-10-14-15-4-5-18(22)20(15,3)9-7-16(14)19(2)8-6-13(21)11-17(12)19/h14-17H,1,4-11H2,2-3H3/t14-,15-,16-,17+,19+,20-/m0/s1. The van der Waals surface area contributed by atoms with Gasteiger partial charge in [0.15, 0.2) is 0 Å². The van der Waals surface area contributed by atoms with Gasteiger partial charge in [-0.2, -0.15) is 0 Å². The van der Waals surface area contributed by atoms with Crippen LogP contribution in [0, 0.1) is 34.5 Å². The lowest BCUT2D eigenvalue weighted by atomic mass is 9.44. The SMILES string of the molecule is C=C1C[C@@H]2[C@H](CC[C@]3(C)C(=O)CC[C@@H]23)[C@@]2(C)CCC(=O)C[C@H]12. The number of hydrogen-bond donors (Lipinski definition) is 0. The molecule has 22 heavy (non-hydrogen) atoms. The molecule has 4 saturated carbocycles. The zero-order valence-corrected chi connectivity index (χ0v) is 14.0. The molecule has 4 aliphatic carbocycles. The average molecular weight is 300 g/mol. The fourth-order valence-electron chi connectivity index (χ4n) is 6.81. The number of carbonyl (C=O) groups is 2. The maximum atomic E-state index is 12.4. The largest absolute Gasteiger partial charge is 0.300 e. The molecule has 0 heterocycles. The minimum absolute atomic E-state index is 0.0604. The van der Waals surface area contributed by atoms with Crippen molar-refractivity contribution in [1.29, 1.82) is 0 Å². The van der Waals surface area contributed by atoms with Crippen molar-refractivity contribution in [3.8, 4) is 0 Å². The number of Topliss-reactive ketones (excluding diaryl/α,β-unsaturated/α-hetero) is 2. The van der Waals surface area contributed by atoms with Crippen LogP contribution in [0.1, 0.15) is 65.2 Å². The predicted molar refractivity (Wildman–Crippen MR) is 86.3 cm³/mol. The molecule has 0 bridgehead atoms. The molecule has 120 valence electrons. The molecule has 0 aromatic heterocycles. The van der Waals surface area contributed by atoms with Gasteiger partial charge in [0, 0.05) is 24.7 Å². The average Bonchev–Trinajstić information content (AvgIpc) is 2.77. The van der Waals surface area contributed by atoms with Gasteiger partial charge in [0.1, 0.15) is 11.6 Å². The van der Waals surface area contributed by atoms with Crippen LogP contribution in [0.4, 0.5) is 0 Å². The number of allylic oxidation sites excluding steroid dienone is 1. The third-order valence-corrected chi connectivity index (χ3v) is 8.15. The molecule has 0 saturated heterocycles. The van der Waals surface area contributed by atoms with Crippen molar-refractivity contribution in [3.63, 3.8) is 0 Å². The van der Waals surface area contributed by atoms with E-state index in [0.29, 0.717) is 35.2 Å². The Morgan fingerprint density at radius 2 is 1.77 bits per heavy atom. The molecule has 2 nitrogen and oxygen atoms in total. The van der Waals surface area contributed by atoms with E-state index in [1.807, 2.05) is 0 Å². The highest BCUT2D eigenvalue weighted by molar-refractivity contribution is 5.87. The molecule has 6 atom stereocenters. The topological polar surface area (TPSA) is 34.1 Å². The van der Waals surface area contributed by atoms with Crippen LogP contribution >= 0.6 is 0 Å². The lowest BCUT2D eigenvalue weighted by molar-refractivity contribution is -0.138. The molecular weight excluding hydrogens is 272 g/mol. The maximum Gasteiger partial charge on any atom is 0.139 e. The Morgan fingerprint density at radius 1 is 1.00 bits per heavy atom. The lowest BCUT2D eigenvalue weighted by Crippen LogP contribution is -2.54. The fourth-order valence-corrected chi connectivity index (χ4v) is 6.81. The van der Waals surface area contributed by atoms with Gasteiger partial charge in [-0.15, -0.1) is 0 Å². The van der Waals surface area contributed by atoms with Gasteiger partial charge in [-0.3, -0.25) is 9.59 Å². The summed E-state index contributed by atoms with van der Waals surface area (Å²) < 4.78 is 0. The van der Waals surface area contributed by atoms with Crippen molar-refractivity contribution in [2.75, 3.05) is 0 Å². The second-order valence-corrected chi connectivity index (χ2v) is 8.96. The molecule has 0 amide bonds. The summed E-state index contributed by atoms with van der Waals surface area (Å²) in [5.41, 5.74) is 1.50. The third kappa shape index (κ3) is 1.73. The summed E-state index contributed by atoms with van der Waals surface area (Å²) in [6.07, 6.45) is 7.70. The number of rotatable bonds is 0. The van der Waals surface area contributed by atoms with Gasteiger partial charge in [0.25, 0.3) is 0 Å². The highest BCUT2D eigenvalue weighted by Crippen LogP contribution is 2.66. The minimum atomic E-state index is -0.0604. The number of carbonyl (C=O) groups excluding carboxylic acids is 2. The van der Waals surface area contributed by atoms with Gasteiger partial charge in [-0.25, -0.2) is 0 Å². The van der Waals surface area contributed by atoms with Crippen LogP contribution in [0.15, 0.2) is 12.2 Å². The molecule has 4 fully saturated rings. The lowest BCUT2D eigenvalue weighted by Gasteiger charge is -2.59. The van der Waals surface area contributed by atoms with Gasteiger partial charge in [0.05, 0.1) is 0 Å². The van der Waals surface area contributed by atoms with Crippen LogP contribution in [-0.4, -0.2) is 11.6 Å². The minimum Gasteiger partial charge on any atom is -0.300 e. The van der Waals surface area contributed by atoms with E-state index in [0.717, 1.165) is 44.9 Å². The Morgan fingerprint density at radius 3 is 2.55 bits per heavy atom. The second-order valence-electron chi connectivity index (χ2n) is 8.96. The van der Waals surface area contributed by atoms with Crippen LogP contribution in [0.25, 0.3) is 0 Å². The summed E-state index contributed by atoms with van der Waals surface area (Å²) in [6.45, 7) is 9.04. The number of fused-ring (bicyclic) bond motifs is 5. The summed E-state index contributed by atoms with van der Waals surface area (Å²) in [5, 5.41) is 0. The highest BCUT2D eigenvalue weighted by Gasteiger charge is 2.60. The Balaban J connectivity index is 1.71. The molecule has 4 aliphatic rings. The van der Waals surface area contributed by atoms with Crippen molar-refractivity contribution in [2.45, 2.75) is 65.2 Å². The van der Waals surface area contributed by atoms with Gasteiger partial charge in [-0.1, -0.05) is 26.0 Å². The van der Waals surface area contributed by atoms with Crippen molar-refractivity contribution < 1.29 is 9.59 Å². The normalized spacial score (nSPS) is 51.3. The second kappa shape index (κ2) is 4.55. The van der Waals surface area contributed by atoms with Crippen molar-refractivity contribution in [1.82, 2.24) is 0 Å². The molecule has 0 spiro atoms. The quantitative estimate of drug-likeness (QED) is 0.624. The van der Waals surface area contributed by atoms with E-state index in [4.69, 9.17) is 0 Å². The van der Waals surface area contributed by atoms with Crippen LogP contribution < -0.4 is 0 Å². The zero-order chi connectivity index (χ0) is 15.7. The van der Waals surface area contributed by atoms with E-state index in [9.17, 15) is 9.59 Å². The molecule has 0 aliphatic heterocycles. The van der Waals surface area contributed by atoms with Crippen molar-refractivity contribution in [3.05, 3.63) is 12.2 Å². The molecule has 2 heteroatoms. The summed E-state index contributed by atoms with van der Waals surface area (Å²) >= 11 is 0. The van der Waals surface area contributed by atoms with Crippen LogP contribution in [0.2, 0.25) is 0 Å². The first kappa shape index (κ1) is 14.7. The van der Waals surface area contributed by atoms with Crippen LogP contribution in [0.3, 0.4) is 0 Å². The monoisotopic (exact) mass is 300 g/mol. The van der Waals surface area contributed by atoms with Gasteiger partial charge in [-0.05, 0) is 61.2 Å². The van der Waals surface area contributed by atoms with E-state index < -0.39 is 0 Å². The number of ketones is 2.